The van der Waals surface area contributed by atoms with Crippen molar-refractivity contribution in [1.29, 1.82) is 0 Å². The van der Waals surface area contributed by atoms with Crippen molar-refractivity contribution in [2.45, 2.75) is 31.3 Å². The van der Waals surface area contributed by atoms with Gasteiger partial charge in [-0.05, 0) is 42.9 Å². The predicted octanol–water partition coefficient (Wildman–Crippen LogP) is 1.97. The van der Waals surface area contributed by atoms with Crippen LogP contribution >= 0.6 is 0 Å². The molecule has 0 bridgehead atoms. The molecule has 2 N–H and O–H groups in total. The van der Waals surface area contributed by atoms with E-state index < -0.39 is 0 Å². The highest BCUT2D eigenvalue weighted by Gasteiger charge is 2.35. The summed E-state index contributed by atoms with van der Waals surface area (Å²) in [6.07, 6.45) is 3.67. The zero-order valence-electron chi connectivity index (χ0n) is 11.7. The fourth-order valence-electron chi connectivity index (χ4n) is 3.73. The van der Waals surface area contributed by atoms with Crippen LogP contribution in [0.1, 0.15) is 30.0 Å². The van der Waals surface area contributed by atoms with Crippen molar-refractivity contribution in [1.82, 2.24) is 4.90 Å². The highest BCUT2D eigenvalue weighted by Crippen LogP contribution is 2.34. The molecule has 0 aromatic heterocycles. The Kier molecular flexibility index (Phi) is 3.87. The molecule has 0 radical (unpaired) electrons. The molecule has 2 aliphatic rings. The lowest BCUT2D eigenvalue weighted by Crippen LogP contribution is -2.47. The van der Waals surface area contributed by atoms with Crippen LogP contribution in [0.3, 0.4) is 0 Å². The first kappa shape index (κ1) is 13.1. The standard InChI is InChI=1S/C16H24N2O/c1-19-11-12-5-4-8-18(10-12)15-9-13-6-2-3-7-14(13)16(15)17/h2-3,6-7,12,15-16H,4-5,8-11,17H2,1H3. The number of piperidine rings is 1. The lowest BCUT2D eigenvalue weighted by atomic mass is 9.96. The maximum atomic E-state index is 6.47. The van der Waals surface area contributed by atoms with E-state index in [4.69, 9.17) is 10.5 Å². The fraction of sp³-hybridized carbons (Fsp3) is 0.625. The molecule has 3 rings (SSSR count). The third-order valence-corrected chi connectivity index (χ3v) is 4.68. The number of likely N-dealkylation sites (tertiary alicyclic amines) is 1. The first-order valence-corrected chi connectivity index (χ1v) is 7.36. The molecule has 3 unspecified atom stereocenters. The van der Waals surface area contributed by atoms with Crippen molar-refractivity contribution >= 4 is 0 Å². The number of hydrogen-bond acceptors (Lipinski definition) is 3. The van der Waals surface area contributed by atoms with Crippen LogP contribution in [0.5, 0.6) is 0 Å². The Balaban J connectivity index is 1.71. The molecule has 104 valence electrons. The van der Waals surface area contributed by atoms with E-state index in [2.05, 4.69) is 29.2 Å². The summed E-state index contributed by atoms with van der Waals surface area (Å²) in [5, 5.41) is 0. The number of nitrogens with two attached hydrogens (primary N) is 1. The number of rotatable bonds is 3. The molecule has 0 spiro atoms. The van der Waals surface area contributed by atoms with Crippen LogP contribution in [0.4, 0.5) is 0 Å². The van der Waals surface area contributed by atoms with Gasteiger partial charge in [-0.15, -0.1) is 0 Å². The van der Waals surface area contributed by atoms with Gasteiger partial charge in [0.15, 0.2) is 0 Å². The van der Waals surface area contributed by atoms with Crippen molar-refractivity contribution in [3.05, 3.63) is 35.4 Å². The van der Waals surface area contributed by atoms with E-state index in [1.165, 1.54) is 30.5 Å². The number of benzene rings is 1. The minimum Gasteiger partial charge on any atom is -0.384 e. The highest BCUT2D eigenvalue weighted by atomic mass is 16.5. The average Bonchev–Trinajstić information content (AvgIpc) is 2.78. The molecule has 1 saturated heterocycles. The van der Waals surface area contributed by atoms with Gasteiger partial charge in [-0.2, -0.15) is 0 Å². The molecule has 1 fully saturated rings. The van der Waals surface area contributed by atoms with Crippen LogP contribution in [0.25, 0.3) is 0 Å². The summed E-state index contributed by atoms with van der Waals surface area (Å²) in [5.41, 5.74) is 9.26. The maximum absolute atomic E-state index is 6.47. The quantitative estimate of drug-likeness (QED) is 0.903. The molecule has 1 aliphatic heterocycles. The summed E-state index contributed by atoms with van der Waals surface area (Å²) < 4.78 is 5.32. The van der Waals surface area contributed by atoms with Crippen LogP contribution < -0.4 is 5.73 Å². The zero-order valence-corrected chi connectivity index (χ0v) is 11.7. The second kappa shape index (κ2) is 5.61. The van der Waals surface area contributed by atoms with E-state index in [-0.39, 0.29) is 6.04 Å². The summed E-state index contributed by atoms with van der Waals surface area (Å²) >= 11 is 0. The molecule has 3 heteroatoms. The first-order chi connectivity index (χ1) is 9.29. The van der Waals surface area contributed by atoms with Gasteiger partial charge in [0.25, 0.3) is 0 Å². The topological polar surface area (TPSA) is 38.5 Å². The van der Waals surface area contributed by atoms with Gasteiger partial charge in [0.05, 0.1) is 6.61 Å². The monoisotopic (exact) mass is 260 g/mol. The summed E-state index contributed by atoms with van der Waals surface area (Å²) in [5.74, 6) is 0.676. The average molecular weight is 260 g/mol. The Labute approximate surface area is 115 Å². The molecule has 19 heavy (non-hydrogen) atoms. The number of ether oxygens (including phenoxy) is 1. The molecule has 1 aliphatic carbocycles. The van der Waals surface area contributed by atoms with Gasteiger partial charge in [0.2, 0.25) is 0 Å². The van der Waals surface area contributed by atoms with Crippen molar-refractivity contribution < 1.29 is 4.74 Å². The molecule has 3 nitrogen and oxygen atoms in total. The van der Waals surface area contributed by atoms with E-state index in [1.54, 1.807) is 7.11 Å². The lowest BCUT2D eigenvalue weighted by molar-refractivity contribution is 0.0639. The summed E-state index contributed by atoms with van der Waals surface area (Å²) in [6.45, 7) is 3.21. The third-order valence-electron chi connectivity index (χ3n) is 4.68. The molecule has 1 aromatic rings. The van der Waals surface area contributed by atoms with Crippen molar-refractivity contribution in [3.63, 3.8) is 0 Å². The third kappa shape index (κ3) is 2.55. The van der Waals surface area contributed by atoms with Crippen molar-refractivity contribution in [2.24, 2.45) is 11.7 Å². The lowest BCUT2D eigenvalue weighted by Gasteiger charge is -2.38. The molecule has 0 saturated carbocycles. The summed E-state index contributed by atoms with van der Waals surface area (Å²) in [4.78, 5) is 2.60. The maximum Gasteiger partial charge on any atom is 0.0502 e. The molecule has 3 atom stereocenters. The van der Waals surface area contributed by atoms with Gasteiger partial charge < -0.3 is 10.5 Å². The van der Waals surface area contributed by atoms with Gasteiger partial charge in [-0.25, -0.2) is 0 Å². The second-order valence-corrected chi connectivity index (χ2v) is 5.95. The van der Waals surface area contributed by atoms with Crippen LogP contribution in [-0.4, -0.2) is 37.7 Å². The SMILES string of the molecule is COCC1CCCN(C2Cc3ccccc3C2N)C1. The number of hydrogen-bond donors (Lipinski definition) is 1. The van der Waals surface area contributed by atoms with Gasteiger partial charge >= 0.3 is 0 Å². The van der Waals surface area contributed by atoms with E-state index in [1.807, 2.05) is 0 Å². The van der Waals surface area contributed by atoms with Gasteiger partial charge in [-0.3, -0.25) is 4.90 Å². The van der Waals surface area contributed by atoms with E-state index >= 15 is 0 Å². The van der Waals surface area contributed by atoms with Crippen molar-refractivity contribution in [2.75, 3.05) is 26.8 Å². The number of methoxy groups -OCH3 is 1. The molecular formula is C16H24N2O. The van der Waals surface area contributed by atoms with E-state index in [0.29, 0.717) is 12.0 Å². The highest BCUT2D eigenvalue weighted by molar-refractivity contribution is 5.36. The minimum absolute atomic E-state index is 0.178. The van der Waals surface area contributed by atoms with Crippen LogP contribution in [-0.2, 0) is 11.2 Å². The Hall–Kier alpha value is -0.900. The van der Waals surface area contributed by atoms with Crippen LogP contribution in [0.2, 0.25) is 0 Å². The van der Waals surface area contributed by atoms with Gasteiger partial charge in [0.1, 0.15) is 0 Å². The first-order valence-electron chi connectivity index (χ1n) is 7.36. The Morgan fingerprint density at radius 3 is 3.00 bits per heavy atom. The Morgan fingerprint density at radius 2 is 2.21 bits per heavy atom. The molecule has 1 heterocycles. The smallest absolute Gasteiger partial charge is 0.0502 e. The number of nitrogens with zero attached hydrogens (tertiary/aromatic N) is 1. The van der Waals surface area contributed by atoms with Crippen LogP contribution in [0.15, 0.2) is 24.3 Å². The molecule has 0 amide bonds. The minimum atomic E-state index is 0.178. The van der Waals surface area contributed by atoms with E-state index in [0.717, 1.165) is 19.6 Å². The van der Waals surface area contributed by atoms with Crippen molar-refractivity contribution in [3.8, 4) is 0 Å². The molecule has 1 aromatic carbocycles. The van der Waals surface area contributed by atoms with E-state index in [9.17, 15) is 0 Å². The summed E-state index contributed by atoms with van der Waals surface area (Å²) in [7, 11) is 1.80. The second-order valence-electron chi connectivity index (χ2n) is 5.95. The molecular weight excluding hydrogens is 236 g/mol. The zero-order chi connectivity index (χ0) is 13.2. The van der Waals surface area contributed by atoms with Gasteiger partial charge in [0, 0.05) is 25.7 Å². The van der Waals surface area contributed by atoms with Crippen LogP contribution in [0, 0.1) is 5.92 Å². The summed E-state index contributed by atoms with van der Waals surface area (Å²) in [6, 6.07) is 9.31. The normalized spacial score (nSPS) is 31.4. The fourth-order valence-corrected chi connectivity index (χ4v) is 3.73. The number of fused-ring (bicyclic) bond motifs is 1. The Morgan fingerprint density at radius 1 is 1.37 bits per heavy atom. The Bertz CT molecular complexity index is 433. The largest absolute Gasteiger partial charge is 0.384 e. The predicted molar refractivity (Wildman–Crippen MR) is 77.0 cm³/mol. The van der Waals surface area contributed by atoms with Gasteiger partial charge in [-0.1, -0.05) is 24.3 Å².